The highest BCUT2D eigenvalue weighted by Gasteiger charge is 2.11. The lowest BCUT2D eigenvalue weighted by atomic mass is 10.1. The molecule has 0 radical (unpaired) electrons. The number of nitrogens with zero attached hydrogens (tertiary/aromatic N) is 1. The van der Waals surface area contributed by atoms with E-state index in [2.05, 4.69) is 26.1 Å². The van der Waals surface area contributed by atoms with Crippen molar-refractivity contribution >= 4 is 45.3 Å². The highest BCUT2D eigenvalue weighted by Crippen LogP contribution is 2.21. The van der Waals surface area contributed by atoms with Crippen LogP contribution in [0.4, 0.5) is 11.4 Å². The van der Waals surface area contributed by atoms with Crippen molar-refractivity contribution in [2.24, 2.45) is 0 Å². The van der Waals surface area contributed by atoms with E-state index < -0.39 is 5.97 Å². The van der Waals surface area contributed by atoms with Crippen LogP contribution in [-0.2, 0) is 14.3 Å². The Morgan fingerprint density at radius 2 is 1.85 bits per heavy atom. The first-order valence-corrected chi connectivity index (χ1v) is 9.64. The number of benzene rings is 1. The number of halogens is 1. The van der Waals surface area contributed by atoms with Crippen LogP contribution >= 0.6 is 15.9 Å². The summed E-state index contributed by atoms with van der Waals surface area (Å²) in [7, 11) is 0. The molecular weight excluding hydrogens is 412 g/mol. The van der Waals surface area contributed by atoms with E-state index in [9.17, 15) is 9.59 Å². The third-order valence-electron chi connectivity index (χ3n) is 4.20. The molecule has 142 valence electrons. The molecule has 2 aromatic rings. The smallest absolute Gasteiger partial charge is 0.331 e. The topological polar surface area (TPSA) is 71.8 Å². The Morgan fingerprint density at radius 3 is 2.52 bits per heavy atom. The van der Waals surface area contributed by atoms with Crippen LogP contribution < -0.4 is 10.2 Å². The number of hydrogen-bond acceptors (Lipinski definition) is 5. The van der Waals surface area contributed by atoms with Gasteiger partial charge in [0.1, 0.15) is 5.76 Å². The minimum Gasteiger partial charge on any atom is -0.452 e. The molecule has 7 heteroatoms. The van der Waals surface area contributed by atoms with Crippen LogP contribution in [0.3, 0.4) is 0 Å². The lowest BCUT2D eigenvalue weighted by Crippen LogP contribution is -2.29. The third kappa shape index (κ3) is 5.99. The summed E-state index contributed by atoms with van der Waals surface area (Å²) in [6, 6.07) is 11.1. The van der Waals surface area contributed by atoms with Gasteiger partial charge in [0.05, 0.1) is 0 Å². The summed E-state index contributed by atoms with van der Waals surface area (Å²) in [4.78, 5) is 25.9. The van der Waals surface area contributed by atoms with Gasteiger partial charge in [0.15, 0.2) is 11.3 Å². The number of nitrogens with one attached hydrogen (secondary N) is 1. The van der Waals surface area contributed by atoms with Gasteiger partial charge in [-0.2, -0.15) is 0 Å². The number of esters is 1. The van der Waals surface area contributed by atoms with E-state index in [0.29, 0.717) is 16.1 Å². The molecule has 3 rings (SSSR count). The Hall–Kier alpha value is -2.54. The zero-order chi connectivity index (χ0) is 19.1. The first-order chi connectivity index (χ1) is 13.1. The highest BCUT2D eigenvalue weighted by molar-refractivity contribution is 9.10. The Kier molecular flexibility index (Phi) is 6.70. The van der Waals surface area contributed by atoms with E-state index in [1.807, 2.05) is 24.3 Å². The van der Waals surface area contributed by atoms with Crippen LogP contribution in [0.2, 0.25) is 0 Å². The molecule has 2 heterocycles. The second-order valence-electron chi connectivity index (χ2n) is 6.23. The van der Waals surface area contributed by atoms with E-state index in [0.717, 1.165) is 18.8 Å². The van der Waals surface area contributed by atoms with Gasteiger partial charge in [0.2, 0.25) is 0 Å². The summed E-state index contributed by atoms with van der Waals surface area (Å²) in [5.74, 6) is -0.488. The summed E-state index contributed by atoms with van der Waals surface area (Å²) in [5, 5.41) is 2.72. The number of carbonyl (C=O) groups is 2. The lowest BCUT2D eigenvalue weighted by molar-refractivity contribution is -0.142. The van der Waals surface area contributed by atoms with Crippen LogP contribution in [-0.4, -0.2) is 31.6 Å². The molecule has 1 saturated heterocycles. The lowest BCUT2D eigenvalue weighted by Gasteiger charge is -2.28. The van der Waals surface area contributed by atoms with Gasteiger partial charge in [-0.15, -0.1) is 0 Å². The van der Waals surface area contributed by atoms with E-state index >= 15 is 0 Å². The second-order valence-corrected chi connectivity index (χ2v) is 7.01. The Morgan fingerprint density at radius 1 is 1.11 bits per heavy atom. The quantitative estimate of drug-likeness (QED) is 0.546. The standard InChI is InChI=1S/C20H21BrN2O4/c21-18-10-8-17(27-18)9-11-20(25)26-14-19(24)22-15-4-6-16(7-5-15)23-12-2-1-3-13-23/h4-11H,1-3,12-14H2,(H,22,24)/b11-9+. The Bertz CT molecular complexity index is 808. The molecule has 0 atom stereocenters. The number of piperidine rings is 1. The zero-order valence-corrected chi connectivity index (χ0v) is 16.4. The van der Waals surface area contributed by atoms with Gasteiger partial charge in [0.25, 0.3) is 5.91 Å². The van der Waals surface area contributed by atoms with Crippen LogP contribution in [0.5, 0.6) is 0 Å². The maximum absolute atomic E-state index is 11.9. The van der Waals surface area contributed by atoms with Crippen molar-refractivity contribution in [2.45, 2.75) is 19.3 Å². The summed E-state index contributed by atoms with van der Waals surface area (Å²) in [5.41, 5.74) is 1.83. The van der Waals surface area contributed by atoms with Gasteiger partial charge in [-0.3, -0.25) is 4.79 Å². The average Bonchev–Trinajstić information content (AvgIpc) is 3.11. The summed E-state index contributed by atoms with van der Waals surface area (Å²) < 4.78 is 10.7. The maximum atomic E-state index is 11.9. The second kappa shape index (κ2) is 9.41. The third-order valence-corrected chi connectivity index (χ3v) is 4.62. The highest BCUT2D eigenvalue weighted by atomic mass is 79.9. The largest absolute Gasteiger partial charge is 0.452 e. The van der Waals surface area contributed by atoms with Gasteiger partial charge in [-0.25, -0.2) is 4.79 Å². The number of carbonyl (C=O) groups excluding carboxylic acids is 2. The fourth-order valence-electron chi connectivity index (χ4n) is 2.86. The van der Waals surface area contributed by atoms with E-state index in [1.54, 1.807) is 12.1 Å². The van der Waals surface area contributed by atoms with Crippen LogP contribution in [0.25, 0.3) is 6.08 Å². The van der Waals surface area contributed by atoms with Crippen LogP contribution in [0.15, 0.2) is 51.6 Å². The first-order valence-electron chi connectivity index (χ1n) is 8.85. The molecule has 1 aliphatic rings. The van der Waals surface area contributed by atoms with Gasteiger partial charge in [-0.1, -0.05) is 0 Å². The summed E-state index contributed by atoms with van der Waals surface area (Å²) >= 11 is 3.18. The molecular formula is C20H21BrN2O4. The van der Waals surface area contributed by atoms with Crippen molar-refractivity contribution in [2.75, 3.05) is 29.9 Å². The van der Waals surface area contributed by atoms with Crippen molar-refractivity contribution < 1.29 is 18.7 Å². The summed E-state index contributed by atoms with van der Waals surface area (Å²) in [6.45, 7) is 1.80. The van der Waals surface area contributed by atoms with Crippen molar-refractivity contribution in [3.05, 3.63) is 52.9 Å². The Labute approximate surface area is 166 Å². The van der Waals surface area contributed by atoms with Gasteiger partial charge < -0.3 is 19.4 Å². The molecule has 6 nitrogen and oxygen atoms in total. The van der Waals surface area contributed by atoms with Gasteiger partial charge in [-0.05, 0) is 77.7 Å². The van der Waals surface area contributed by atoms with Crippen molar-refractivity contribution in [3.8, 4) is 0 Å². The molecule has 0 spiro atoms. The number of furan rings is 1. The molecule has 0 bridgehead atoms. The van der Waals surface area contributed by atoms with Gasteiger partial charge >= 0.3 is 5.97 Å². The number of amides is 1. The molecule has 1 fully saturated rings. The predicted molar refractivity (Wildman–Crippen MR) is 108 cm³/mol. The normalized spacial score (nSPS) is 14.3. The van der Waals surface area contributed by atoms with Crippen molar-refractivity contribution in [3.63, 3.8) is 0 Å². The fraction of sp³-hybridized carbons (Fsp3) is 0.300. The van der Waals surface area contributed by atoms with Crippen LogP contribution in [0, 0.1) is 0 Å². The average molecular weight is 433 g/mol. The molecule has 1 aliphatic heterocycles. The van der Waals surface area contributed by atoms with Crippen LogP contribution in [0.1, 0.15) is 25.0 Å². The molecule has 1 aromatic heterocycles. The number of hydrogen-bond donors (Lipinski definition) is 1. The van der Waals surface area contributed by atoms with Crippen molar-refractivity contribution in [1.29, 1.82) is 0 Å². The molecule has 1 amide bonds. The van der Waals surface area contributed by atoms with E-state index in [4.69, 9.17) is 9.15 Å². The molecule has 27 heavy (non-hydrogen) atoms. The molecule has 1 N–H and O–H groups in total. The zero-order valence-electron chi connectivity index (χ0n) is 14.8. The number of anilines is 2. The minimum atomic E-state index is -0.613. The maximum Gasteiger partial charge on any atom is 0.331 e. The Balaban J connectivity index is 1.43. The SMILES string of the molecule is O=C(COC(=O)/C=C/c1ccc(Br)o1)Nc1ccc(N2CCCCC2)cc1. The molecule has 0 aliphatic carbocycles. The molecule has 0 saturated carbocycles. The minimum absolute atomic E-state index is 0.348. The van der Waals surface area contributed by atoms with Crippen molar-refractivity contribution in [1.82, 2.24) is 0 Å². The van der Waals surface area contributed by atoms with Gasteiger partial charge in [0, 0.05) is 30.5 Å². The van der Waals surface area contributed by atoms with E-state index in [-0.39, 0.29) is 12.5 Å². The summed E-state index contributed by atoms with van der Waals surface area (Å²) in [6.07, 6.45) is 6.42. The first kappa shape index (κ1) is 19.2. The predicted octanol–water partition coefficient (Wildman–Crippen LogP) is 4.23. The molecule has 0 unspecified atom stereocenters. The number of rotatable bonds is 6. The molecule has 1 aromatic carbocycles. The monoisotopic (exact) mass is 432 g/mol. The van der Waals surface area contributed by atoms with E-state index in [1.165, 1.54) is 31.4 Å². The fourth-order valence-corrected chi connectivity index (χ4v) is 3.18. The number of ether oxygens (including phenoxy) is 1.